The SMILES string of the molecule is COc1cccc(NC(=O)c2ccc(Nc3cc(-c4cccc(C)c4)ncn3)cc2)c1. The molecule has 0 aliphatic carbocycles. The molecule has 0 unspecified atom stereocenters. The highest BCUT2D eigenvalue weighted by molar-refractivity contribution is 6.04. The number of nitrogens with one attached hydrogen (secondary N) is 2. The number of benzene rings is 3. The van der Waals surface area contributed by atoms with Crippen LogP contribution in [0.2, 0.25) is 0 Å². The number of aryl methyl sites for hydroxylation is 1. The number of hydrogen-bond donors (Lipinski definition) is 2. The zero-order valence-electron chi connectivity index (χ0n) is 17.3. The van der Waals surface area contributed by atoms with E-state index in [4.69, 9.17) is 4.74 Å². The van der Waals surface area contributed by atoms with Gasteiger partial charge in [0.25, 0.3) is 5.91 Å². The Morgan fingerprint density at radius 3 is 2.45 bits per heavy atom. The van der Waals surface area contributed by atoms with Crippen molar-refractivity contribution >= 4 is 23.1 Å². The van der Waals surface area contributed by atoms with Gasteiger partial charge in [-0.3, -0.25) is 4.79 Å². The second-order valence-corrected chi connectivity index (χ2v) is 7.05. The van der Waals surface area contributed by atoms with Crippen molar-refractivity contribution in [3.63, 3.8) is 0 Å². The maximum absolute atomic E-state index is 12.5. The van der Waals surface area contributed by atoms with Crippen molar-refractivity contribution in [3.05, 3.63) is 96.3 Å². The maximum atomic E-state index is 12.5. The van der Waals surface area contributed by atoms with Crippen LogP contribution in [0.5, 0.6) is 5.75 Å². The summed E-state index contributed by atoms with van der Waals surface area (Å²) in [7, 11) is 1.59. The van der Waals surface area contributed by atoms with E-state index in [1.54, 1.807) is 25.3 Å². The molecular weight excluding hydrogens is 388 g/mol. The number of methoxy groups -OCH3 is 1. The van der Waals surface area contributed by atoms with E-state index in [1.807, 2.05) is 48.5 Å². The Morgan fingerprint density at radius 1 is 0.871 bits per heavy atom. The summed E-state index contributed by atoms with van der Waals surface area (Å²) in [5.74, 6) is 1.18. The smallest absolute Gasteiger partial charge is 0.255 e. The van der Waals surface area contributed by atoms with E-state index < -0.39 is 0 Å². The number of nitrogens with zero attached hydrogens (tertiary/aromatic N) is 2. The Balaban J connectivity index is 1.45. The lowest BCUT2D eigenvalue weighted by atomic mass is 10.1. The molecule has 4 rings (SSSR count). The van der Waals surface area contributed by atoms with Crippen molar-refractivity contribution in [2.24, 2.45) is 0 Å². The third-order valence-electron chi connectivity index (χ3n) is 4.73. The third kappa shape index (κ3) is 5.05. The lowest BCUT2D eigenvalue weighted by Gasteiger charge is -2.09. The van der Waals surface area contributed by atoms with Crippen LogP contribution >= 0.6 is 0 Å². The van der Waals surface area contributed by atoms with Crippen LogP contribution in [0.3, 0.4) is 0 Å². The normalized spacial score (nSPS) is 10.4. The van der Waals surface area contributed by atoms with Gasteiger partial charge in [0.1, 0.15) is 17.9 Å². The maximum Gasteiger partial charge on any atom is 0.255 e. The number of carbonyl (C=O) groups excluding carboxylic acids is 1. The summed E-state index contributed by atoms with van der Waals surface area (Å²) in [5, 5.41) is 6.13. The van der Waals surface area contributed by atoms with Gasteiger partial charge < -0.3 is 15.4 Å². The Hall–Kier alpha value is -4.19. The fourth-order valence-corrected chi connectivity index (χ4v) is 3.14. The van der Waals surface area contributed by atoms with Crippen molar-refractivity contribution in [3.8, 4) is 17.0 Å². The number of aromatic nitrogens is 2. The molecule has 0 aliphatic heterocycles. The average molecular weight is 410 g/mol. The third-order valence-corrected chi connectivity index (χ3v) is 4.73. The van der Waals surface area contributed by atoms with E-state index >= 15 is 0 Å². The molecule has 1 heterocycles. The molecule has 0 bridgehead atoms. The highest BCUT2D eigenvalue weighted by atomic mass is 16.5. The van der Waals surface area contributed by atoms with Gasteiger partial charge in [0, 0.05) is 34.6 Å². The summed E-state index contributed by atoms with van der Waals surface area (Å²) in [6, 6.07) is 24.5. The first-order valence-electron chi connectivity index (χ1n) is 9.82. The fraction of sp³-hybridized carbons (Fsp3) is 0.0800. The summed E-state index contributed by atoms with van der Waals surface area (Å²) in [6.07, 6.45) is 1.54. The number of carbonyl (C=O) groups is 1. The van der Waals surface area contributed by atoms with Gasteiger partial charge in [-0.05, 0) is 49.4 Å². The summed E-state index contributed by atoms with van der Waals surface area (Å²) in [4.78, 5) is 21.2. The molecule has 6 nitrogen and oxygen atoms in total. The fourth-order valence-electron chi connectivity index (χ4n) is 3.14. The van der Waals surface area contributed by atoms with Crippen LogP contribution in [0, 0.1) is 6.92 Å². The first-order chi connectivity index (χ1) is 15.1. The molecule has 0 radical (unpaired) electrons. The molecule has 4 aromatic rings. The van der Waals surface area contributed by atoms with Crippen LogP contribution in [0.4, 0.5) is 17.2 Å². The molecule has 0 spiro atoms. The number of rotatable bonds is 6. The Kier molecular flexibility index (Phi) is 5.89. The minimum absolute atomic E-state index is 0.191. The molecule has 31 heavy (non-hydrogen) atoms. The van der Waals surface area contributed by atoms with Crippen molar-refractivity contribution in [2.45, 2.75) is 6.92 Å². The second kappa shape index (κ2) is 9.09. The highest BCUT2D eigenvalue weighted by Crippen LogP contribution is 2.22. The van der Waals surface area contributed by atoms with E-state index in [0.29, 0.717) is 22.8 Å². The van der Waals surface area contributed by atoms with E-state index in [1.165, 1.54) is 11.9 Å². The first-order valence-corrected chi connectivity index (χ1v) is 9.82. The molecule has 0 atom stereocenters. The van der Waals surface area contributed by atoms with Crippen LogP contribution in [0.25, 0.3) is 11.3 Å². The van der Waals surface area contributed by atoms with E-state index in [2.05, 4.69) is 39.7 Å². The van der Waals surface area contributed by atoms with E-state index in [9.17, 15) is 4.79 Å². The standard InChI is InChI=1S/C25H22N4O2/c1-17-5-3-6-19(13-17)23-15-24(27-16-26-23)28-20-11-9-18(10-12-20)25(30)29-21-7-4-8-22(14-21)31-2/h3-16H,1-2H3,(H,29,30)(H,26,27,28). The molecule has 154 valence electrons. The molecule has 0 saturated heterocycles. The molecule has 0 aliphatic rings. The van der Waals surface area contributed by atoms with E-state index in [0.717, 1.165) is 16.9 Å². The van der Waals surface area contributed by atoms with Gasteiger partial charge in [-0.2, -0.15) is 0 Å². The van der Waals surface area contributed by atoms with Gasteiger partial charge in [0.2, 0.25) is 0 Å². The van der Waals surface area contributed by atoms with Crippen molar-refractivity contribution in [1.29, 1.82) is 0 Å². The minimum Gasteiger partial charge on any atom is -0.497 e. The predicted octanol–water partition coefficient (Wildman–Crippen LogP) is 5.46. The molecule has 0 fully saturated rings. The van der Waals surface area contributed by atoms with Crippen molar-refractivity contribution < 1.29 is 9.53 Å². The topological polar surface area (TPSA) is 76.1 Å². The predicted molar refractivity (Wildman–Crippen MR) is 123 cm³/mol. The number of hydrogen-bond acceptors (Lipinski definition) is 5. The van der Waals surface area contributed by atoms with Gasteiger partial charge in [0.15, 0.2) is 0 Å². The quantitative estimate of drug-likeness (QED) is 0.442. The molecule has 1 aromatic heterocycles. The van der Waals surface area contributed by atoms with Gasteiger partial charge in [-0.25, -0.2) is 9.97 Å². The zero-order chi connectivity index (χ0) is 21.6. The van der Waals surface area contributed by atoms with Crippen molar-refractivity contribution in [1.82, 2.24) is 9.97 Å². The largest absolute Gasteiger partial charge is 0.497 e. The monoisotopic (exact) mass is 410 g/mol. The number of ether oxygens (including phenoxy) is 1. The van der Waals surface area contributed by atoms with Crippen LogP contribution in [-0.2, 0) is 0 Å². The van der Waals surface area contributed by atoms with Crippen molar-refractivity contribution in [2.75, 3.05) is 17.7 Å². The molecule has 1 amide bonds. The summed E-state index contributed by atoms with van der Waals surface area (Å²) in [5.41, 5.74) is 5.11. The lowest BCUT2D eigenvalue weighted by molar-refractivity contribution is 0.102. The van der Waals surface area contributed by atoms with Crippen LogP contribution in [0.1, 0.15) is 15.9 Å². The first kappa shape index (κ1) is 20.1. The van der Waals surface area contributed by atoms with Gasteiger partial charge in [-0.1, -0.05) is 29.8 Å². The molecule has 0 saturated carbocycles. The second-order valence-electron chi connectivity index (χ2n) is 7.05. The minimum atomic E-state index is -0.191. The van der Waals surface area contributed by atoms with Crippen LogP contribution < -0.4 is 15.4 Å². The average Bonchev–Trinajstić information content (AvgIpc) is 2.80. The summed E-state index contributed by atoms with van der Waals surface area (Å²) in [6.45, 7) is 2.05. The van der Waals surface area contributed by atoms with Gasteiger partial charge in [0.05, 0.1) is 12.8 Å². The van der Waals surface area contributed by atoms with E-state index in [-0.39, 0.29) is 5.91 Å². The van der Waals surface area contributed by atoms with Gasteiger partial charge >= 0.3 is 0 Å². The van der Waals surface area contributed by atoms with Crippen LogP contribution in [0.15, 0.2) is 85.2 Å². The Morgan fingerprint density at radius 2 is 1.68 bits per heavy atom. The molecule has 6 heteroatoms. The Bertz CT molecular complexity index is 1210. The highest BCUT2D eigenvalue weighted by Gasteiger charge is 2.08. The number of anilines is 3. The zero-order valence-corrected chi connectivity index (χ0v) is 17.3. The summed E-state index contributed by atoms with van der Waals surface area (Å²) < 4.78 is 5.19. The van der Waals surface area contributed by atoms with Gasteiger partial charge in [-0.15, -0.1) is 0 Å². The lowest BCUT2D eigenvalue weighted by Crippen LogP contribution is -2.11. The molecule has 2 N–H and O–H groups in total. The molecule has 3 aromatic carbocycles. The number of amides is 1. The Labute approximate surface area is 181 Å². The summed E-state index contributed by atoms with van der Waals surface area (Å²) >= 11 is 0. The van der Waals surface area contributed by atoms with Crippen LogP contribution in [-0.4, -0.2) is 23.0 Å². The molecular formula is C25H22N4O2.